The van der Waals surface area contributed by atoms with Crippen molar-refractivity contribution in [3.05, 3.63) is 23.9 Å². The molecule has 1 amide bonds. The van der Waals surface area contributed by atoms with Crippen molar-refractivity contribution in [2.75, 3.05) is 0 Å². The van der Waals surface area contributed by atoms with Crippen molar-refractivity contribution in [2.45, 2.75) is 64.2 Å². The Morgan fingerprint density at radius 1 is 1.28 bits per heavy atom. The highest BCUT2D eigenvalue weighted by Gasteiger charge is 2.33. The summed E-state index contributed by atoms with van der Waals surface area (Å²) in [6, 6.07) is 5.41. The van der Waals surface area contributed by atoms with Crippen LogP contribution in [0.1, 0.15) is 52.0 Å². The van der Waals surface area contributed by atoms with Crippen LogP contribution in [0, 0.1) is 11.3 Å². The topological polar surface area (TPSA) is 101 Å². The minimum absolute atomic E-state index is 0.0371. The van der Waals surface area contributed by atoms with E-state index in [2.05, 4.69) is 10.3 Å². The first-order valence-corrected chi connectivity index (χ1v) is 8.33. The first-order chi connectivity index (χ1) is 11.8. The average molecular weight is 345 g/mol. The number of carbonyl (C=O) groups is 2. The maximum atomic E-state index is 12.2. The van der Waals surface area contributed by atoms with E-state index in [1.165, 1.54) is 13.1 Å². The lowest BCUT2D eigenvalue weighted by Gasteiger charge is -2.31. The average Bonchev–Trinajstić information content (AvgIpc) is 2.56. The molecule has 0 aliphatic heterocycles. The fourth-order valence-corrected chi connectivity index (χ4v) is 2.78. The Labute approximate surface area is 147 Å². The van der Waals surface area contributed by atoms with Gasteiger partial charge in [0, 0.05) is 25.2 Å². The second-order valence-electron chi connectivity index (χ2n) is 6.67. The fourth-order valence-electron chi connectivity index (χ4n) is 2.78. The maximum absolute atomic E-state index is 12.2. The van der Waals surface area contributed by atoms with Crippen molar-refractivity contribution in [2.24, 2.45) is 0 Å². The standard InChI is InChI=1S/C18H23N3O4/c1-12(22)25-18(2,3)17(23)21-14-5-7-15(8-6-14)24-16-9-4-13(10-19)11-20-16/h4,9,11,14-15H,5-8H2,1-3H3,(H,21,23). The Balaban J connectivity index is 1.80. The van der Waals surface area contributed by atoms with E-state index in [0.717, 1.165) is 25.7 Å². The molecule has 1 aliphatic rings. The molecule has 0 spiro atoms. The number of amides is 1. The van der Waals surface area contributed by atoms with Crippen LogP contribution >= 0.6 is 0 Å². The lowest BCUT2D eigenvalue weighted by Crippen LogP contribution is -2.50. The highest BCUT2D eigenvalue weighted by Crippen LogP contribution is 2.23. The Bertz CT molecular complexity index is 656. The molecule has 7 heteroatoms. The molecule has 0 radical (unpaired) electrons. The van der Waals surface area contributed by atoms with Crippen molar-refractivity contribution in [3.63, 3.8) is 0 Å². The number of nitrogens with one attached hydrogen (secondary N) is 1. The lowest BCUT2D eigenvalue weighted by molar-refractivity contribution is -0.163. The largest absolute Gasteiger partial charge is 0.474 e. The number of carbonyl (C=O) groups excluding carboxylic acids is 2. The Kier molecular flexibility index (Phi) is 5.97. The van der Waals surface area contributed by atoms with Crippen LogP contribution in [-0.4, -0.2) is 34.6 Å². The van der Waals surface area contributed by atoms with Gasteiger partial charge in [0.05, 0.1) is 5.56 Å². The summed E-state index contributed by atoms with van der Waals surface area (Å²) in [6.45, 7) is 4.44. The van der Waals surface area contributed by atoms with Gasteiger partial charge in [0.25, 0.3) is 5.91 Å². The molecule has 7 nitrogen and oxygen atoms in total. The molecule has 25 heavy (non-hydrogen) atoms. The first kappa shape index (κ1) is 18.7. The molecule has 0 unspecified atom stereocenters. The van der Waals surface area contributed by atoms with Crippen LogP contribution in [-0.2, 0) is 14.3 Å². The highest BCUT2D eigenvalue weighted by atomic mass is 16.6. The Morgan fingerprint density at radius 3 is 2.48 bits per heavy atom. The number of hydrogen-bond donors (Lipinski definition) is 1. The third kappa shape index (κ3) is 5.45. The molecule has 1 fully saturated rings. The Morgan fingerprint density at radius 2 is 1.96 bits per heavy atom. The van der Waals surface area contributed by atoms with Gasteiger partial charge in [0.1, 0.15) is 12.2 Å². The quantitative estimate of drug-likeness (QED) is 0.820. The first-order valence-electron chi connectivity index (χ1n) is 8.33. The molecule has 0 aromatic carbocycles. The molecular formula is C18H23N3O4. The van der Waals surface area contributed by atoms with Gasteiger partial charge >= 0.3 is 5.97 Å². The van der Waals surface area contributed by atoms with Crippen molar-refractivity contribution >= 4 is 11.9 Å². The van der Waals surface area contributed by atoms with E-state index in [4.69, 9.17) is 14.7 Å². The normalized spacial score (nSPS) is 20.2. The summed E-state index contributed by atoms with van der Waals surface area (Å²) in [5.41, 5.74) is -0.680. The summed E-state index contributed by atoms with van der Waals surface area (Å²) in [7, 11) is 0. The summed E-state index contributed by atoms with van der Waals surface area (Å²) in [5, 5.41) is 11.7. The molecule has 1 N–H and O–H groups in total. The zero-order valence-electron chi connectivity index (χ0n) is 14.7. The predicted molar refractivity (Wildman–Crippen MR) is 89.6 cm³/mol. The molecule has 2 rings (SSSR count). The van der Waals surface area contributed by atoms with Crippen molar-refractivity contribution in [1.29, 1.82) is 5.26 Å². The van der Waals surface area contributed by atoms with Crippen LogP contribution in [0.25, 0.3) is 0 Å². The summed E-state index contributed by atoms with van der Waals surface area (Å²) in [4.78, 5) is 27.4. The zero-order valence-corrected chi connectivity index (χ0v) is 14.7. The van der Waals surface area contributed by atoms with Crippen LogP contribution < -0.4 is 10.1 Å². The van der Waals surface area contributed by atoms with Crippen molar-refractivity contribution in [1.82, 2.24) is 10.3 Å². The molecule has 0 bridgehead atoms. The number of hydrogen-bond acceptors (Lipinski definition) is 6. The zero-order chi connectivity index (χ0) is 18.4. The van der Waals surface area contributed by atoms with Gasteiger partial charge in [0.15, 0.2) is 5.60 Å². The van der Waals surface area contributed by atoms with E-state index in [1.807, 2.05) is 6.07 Å². The molecule has 1 heterocycles. The molecule has 0 atom stereocenters. The van der Waals surface area contributed by atoms with Gasteiger partial charge in [-0.05, 0) is 45.6 Å². The SMILES string of the molecule is CC(=O)OC(C)(C)C(=O)NC1CCC(Oc2ccc(C#N)cn2)CC1. The van der Waals surface area contributed by atoms with Gasteiger partial charge in [-0.25, -0.2) is 4.98 Å². The van der Waals surface area contributed by atoms with Crippen LogP contribution in [0.5, 0.6) is 5.88 Å². The van der Waals surface area contributed by atoms with Crippen LogP contribution in [0.15, 0.2) is 18.3 Å². The predicted octanol–water partition coefficient (Wildman–Crippen LogP) is 2.10. The van der Waals surface area contributed by atoms with Gasteiger partial charge in [0.2, 0.25) is 5.88 Å². The molecule has 134 valence electrons. The monoisotopic (exact) mass is 345 g/mol. The fraction of sp³-hybridized carbons (Fsp3) is 0.556. The van der Waals surface area contributed by atoms with E-state index < -0.39 is 11.6 Å². The highest BCUT2D eigenvalue weighted by molar-refractivity contribution is 5.86. The van der Waals surface area contributed by atoms with E-state index in [9.17, 15) is 9.59 Å². The van der Waals surface area contributed by atoms with Crippen molar-refractivity contribution < 1.29 is 19.1 Å². The smallest absolute Gasteiger partial charge is 0.303 e. The second-order valence-corrected chi connectivity index (χ2v) is 6.67. The van der Waals surface area contributed by atoms with Gasteiger partial charge in [-0.2, -0.15) is 5.26 Å². The minimum atomic E-state index is -1.18. The third-order valence-corrected chi connectivity index (χ3v) is 4.11. The van der Waals surface area contributed by atoms with Gasteiger partial charge in [-0.3, -0.25) is 9.59 Å². The minimum Gasteiger partial charge on any atom is -0.474 e. The van der Waals surface area contributed by atoms with Crippen LogP contribution in [0.3, 0.4) is 0 Å². The molecule has 1 aromatic heterocycles. The number of esters is 1. The number of aromatic nitrogens is 1. The maximum Gasteiger partial charge on any atom is 0.303 e. The number of ether oxygens (including phenoxy) is 2. The van der Waals surface area contributed by atoms with E-state index in [1.54, 1.807) is 26.0 Å². The summed E-state index contributed by atoms with van der Waals surface area (Å²) >= 11 is 0. The Hall–Kier alpha value is -2.62. The third-order valence-electron chi connectivity index (χ3n) is 4.11. The van der Waals surface area contributed by atoms with Gasteiger partial charge in [-0.15, -0.1) is 0 Å². The number of nitriles is 1. The van der Waals surface area contributed by atoms with Gasteiger partial charge in [-0.1, -0.05) is 0 Å². The molecule has 1 saturated carbocycles. The van der Waals surface area contributed by atoms with Gasteiger partial charge < -0.3 is 14.8 Å². The summed E-state index contributed by atoms with van der Waals surface area (Å²) < 4.78 is 10.9. The number of pyridine rings is 1. The molecule has 1 aromatic rings. The van der Waals surface area contributed by atoms with Crippen LogP contribution in [0.2, 0.25) is 0 Å². The molecule has 1 aliphatic carbocycles. The second kappa shape index (κ2) is 7.97. The number of nitrogens with zero attached hydrogens (tertiary/aromatic N) is 2. The van der Waals surface area contributed by atoms with E-state index in [0.29, 0.717) is 11.4 Å². The van der Waals surface area contributed by atoms with Crippen LogP contribution in [0.4, 0.5) is 0 Å². The summed E-state index contributed by atoms with van der Waals surface area (Å²) in [6.07, 6.45) is 4.67. The van der Waals surface area contributed by atoms with E-state index in [-0.39, 0.29) is 18.1 Å². The van der Waals surface area contributed by atoms with E-state index >= 15 is 0 Å². The summed E-state index contributed by atoms with van der Waals surface area (Å²) in [5.74, 6) is -0.268. The van der Waals surface area contributed by atoms with Crippen molar-refractivity contribution in [3.8, 4) is 11.9 Å². The lowest BCUT2D eigenvalue weighted by atomic mass is 9.92. The number of rotatable bonds is 5. The molecular weight excluding hydrogens is 322 g/mol. The molecule has 0 saturated heterocycles.